The van der Waals surface area contributed by atoms with Gasteiger partial charge in [-0.05, 0) is 43.7 Å². The van der Waals surface area contributed by atoms with Gasteiger partial charge in [0.1, 0.15) is 5.75 Å². The normalized spacial score (nSPS) is 11.3. The number of aromatic nitrogens is 1. The van der Waals surface area contributed by atoms with Crippen LogP contribution >= 0.6 is 15.9 Å². The third-order valence-corrected chi connectivity index (χ3v) is 4.53. The van der Waals surface area contributed by atoms with E-state index < -0.39 is 5.91 Å². The number of aromatic amines is 1. The first-order valence-electron chi connectivity index (χ1n) is 7.59. The van der Waals surface area contributed by atoms with Crippen molar-refractivity contribution in [2.45, 2.75) is 13.8 Å². The third-order valence-electron chi connectivity index (χ3n) is 3.68. The topological polar surface area (TPSA) is 87.0 Å². The molecule has 3 aromatic rings. The molecule has 3 rings (SSSR count). The van der Waals surface area contributed by atoms with Gasteiger partial charge in [0, 0.05) is 9.86 Å². The summed E-state index contributed by atoms with van der Waals surface area (Å²) >= 11 is 3.43. The van der Waals surface area contributed by atoms with Crippen molar-refractivity contribution in [3.63, 3.8) is 0 Å². The minimum Gasteiger partial charge on any atom is -0.493 e. The van der Waals surface area contributed by atoms with E-state index in [2.05, 4.69) is 31.1 Å². The SMILES string of the molecule is Cc1ccc(OCC(=O)N=Nc2c(O)[nH]c3cc(Br)c(C)cc23)cc1. The quantitative estimate of drug-likeness (QED) is 0.606. The van der Waals surface area contributed by atoms with Crippen molar-refractivity contribution in [3.05, 3.63) is 52.0 Å². The molecule has 0 radical (unpaired) electrons. The van der Waals surface area contributed by atoms with Gasteiger partial charge in [0.05, 0.1) is 5.52 Å². The fourth-order valence-corrected chi connectivity index (χ4v) is 2.65. The van der Waals surface area contributed by atoms with Gasteiger partial charge in [-0.2, -0.15) is 0 Å². The molecule has 0 saturated carbocycles. The van der Waals surface area contributed by atoms with E-state index in [0.29, 0.717) is 16.7 Å². The predicted octanol–water partition coefficient (Wildman–Crippen LogP) is 4.94. The van der Waals surface area contributed by atoms with E-state index in [-0.39, 0.29) is 18.2 Å². The van der Waals surface area contributed by atoms with Crippen molar-refractivity contribution >= 4 is 38.4 Å². The molecule has 0 fully saturated rings. The summed E-state index contributed by atoms with van der Waals surface area (Å²) in [5.41, 5.74) is 3.02. The lowest BCUT2D eigenvalue weighted by molar-refractivity contribution is -0.120. The second-order valence-corrected chi connectivity index (χ2v) is 6.52. The average Bonchev–Trinajstić information content (AvgIpc) is 2.87. The van der Waals surface area contributed by atoms with Crippen molar-refractivity contribution in [1.82, 2.24) is 4.98 Å². The number of hydrogen-bond donors (Lipinski definition) is 2. The van der Waals surface area contributed by atoms with E-state index in [4.69, 9.17) is 4.74 Å². The van der Waals surface area contributed by atoms with Crippen LogP contribution in [-0.4, -0.2) is 22.6 Å². The first kappa shape index (κ1) is 17.2. The molecule has 0 bridgehead atoms. The Hall–Kier alpha value is -2.67. The summed E-state index contributed by atoms with van der Waals surface area (Å²) in [5, 5.41) is 18.2. The van der Waals surface area contributed by atoms with Crippen molar-refractivity contribution < 1.29 is 14.6 Å². The van der Waals surface area contributed by atoms with E-state index in [1.807, 2.05) is 38.1 Å². The van der Waals surface area contributed by atoms with E-state index in [1.165, 1.54) is 0 Å². The number of ether oxygens (including phenoxy) is 1. The maximum Gasteiger partial charge on any atom is 0.302 e. The van der Waals surface area contributed by atoms with E-state index >= 15 is 0 Å². The highest BCUT2D eigenvalue weighted by Crippen LogP contribution is 2.37. The highest BCUT2D eigenvalue weighted by Gasteiger charge is 2.13. The summed E-state index contributed by atoms with van der Waals surface area (Å²) in [5.74, 6) is -0.0868. The monoisotopic (exact) mass is 401 g/mol. The molecule has 0 saturated heterocycles. The molecule has 1 heterocycles. The van der Waals surface area contributed by atoms with Crippen LogP contribution in [0.3, 0.4) is 0 Å². The number of amides is 1. The summed E-state index contributed by atoms with van der Waals surface area (Å²) < 4.78 is 6.28. The zero-order valence-corrected chi connectivity index (χ0v) is 15.3. The molecule has 0 aliphatic carbocycles. The van der Waals surface area contributed by atoms with Crippen LogP contribution in [0.15, 0.2) is 51.1 Å². The molecule has 6 nitrogen and oxygen atoms in total. The second kappa shape index (κ2) is 7.06. The van der Waals surface area contributed by atoms with Gasteiger partial charge in [-0.15, -0.1) is 10.2 Å². The van der Waals surface area contributed by atoms with Crippen LogP contribution in [0.2, 0.25) is 0 Å². The molecule has 0 unspecified atom stereocenters. The van der Waals surface area contributed by atoms with E-state index in [1.54, 1.807) is 12.1 Å². The van der Waals surface area contributed by atoms with Gasteiger partial charge in [0.2, 0.25) is 5.88 Å². The molecule has 1 amide bonds. The number of azo groups is 1. The van der Waals surface area contributed by atoms with Gasteiger partial charge in [-0.25, -0.2) is 0 Å². The summed E-state index contributed by atoms with van der Waals surface area (Å²) in [4.78, 5) is 14.7. The molecule has 0 atom stereocenters. The number of nitrogens with one attached hydrogen (secondary N) is 1. The lowest BCUT2D eigenvalue weighted by Gasteiger charge is -2.02. The summed E-state index contributed by atoms with van der Waals surface area (Å²) in [7, 11) is 0. The molecular weight excluding hydrogens is 386 g/mol. The number of nitrogens with zero attached hydrogens (tertiary/aromatic N) is 2. The minimum absolute atomic E-state index is 0.136. The van der Waals surface area contributed by atoms with Gasteiger partial charge >= 0.3 is 5.91 Å². The zero-order chi connectivity index (χ0) is 18.0. The van der Waals surface area contributed by atoms with Crippen molar-refractivity contribution in [2.75, 3.05) is 6.61 Å². The molecule has 7 heteroatoms. The van der Waals surface area contributed by atoms with Gasteiger partial charge in [-0.1, -0.05) is 33.6 Å². The Kier molecular flexibility index (Phi) is 4.85. The number of carbonyl (C=O) groups is 1. The highest BCUT2D eigenvalue weighted by atomic mass is 79.9. The number of carbonyl (C=O) groups excluding carboxylic acids is 1. The molecule has 2 N–H and O–H groups in total. The first-order valence-corrected chi connectivity index (χ1v) is 8.38. The van der Waals surface area contributed by atoms with Crippen LogP contribution in [0.25, 0.3) is 10.9 Å². The van der Waals surface area contributed by atoms with Gasteiger partial charge in [0.25, 0.3) is 0 Å². The number of rotatable bonds is 4. The first-order chi connectivity index (χ1) is 11.9. The van der Waals surface area contributed by atoms with Crippen LogP contribution < -0.4 is 4.74 Å². The van der Waals surface area contributed by atoms with Gasteiger partial charge in [-0.3, -0.25) is 4.79 Å². The Morgan fingerprint density at radius 3 is 2.68 bits per heavy atom. The molecule has 25 heavy (non-hydrogen) atoms. The van der Waals surface area contributed by atoms with Crippen molar-refractivity contribution in [3.8, 4) is 11.6 Å². The fourth-order valence-electron chi connectivity index (χ4n) is 2.31. The number of H-pyrrole nitrogens is 1. The lowest BCUT2D eigenvalue weighted by Crippen LogP contribution is -2.07. The predicted molar refractivity (Wildman–Crippen MR) is 98.6 cm³/mol. The molecule has 0 spiro atoms. The highest BCUT2D eigenvalue weighted by molar-refractivity contribution is 9.10. The second-order valence-electron chi connectivity index (χ2n) is 5.66. The zero-order valence-electron chi connectivity index (χ0n) is 13.7. The average molecular weight is 402 g/mol. The number of halogens is 1. The number of hydrogen-bond acceptors (Lipinski definition) is 4. The molecule has 2 aromatic carbocycles. The lowest BCUT2D eigenvalue weighted by atomic mass is 10.1. The van der Waals surface area contributed by atoms with Crippen LogP contribution in [0.1, 0.15) is 11.1 Å². The number of aromatic hydroxyl groups is 1. The smallest absolute Gasteiger partial charge is 0.302 e. The van der Waals surface area contributed by atoms with Crippen LogP contribution in [-0.2, 0) is 4.79 Å². The molecule has 128 valence electrons. The van der Waals surface area contributed by atoms with Gasteiger partial charge < -0.3 is 14.8 Å². The Balaban J connectivity index is 1.74. The summed E-state index contributed by atoms with van der Waals surface area (Å²) in [6.07, 6.45) is 0. The number of fused-ring (bicyclic) bond motifs is 1. The van der Waals surface area contributed by atoms with Crippen molar-refractivity contribution in [1.29, 1.82) is 0 Å². The number of aryl methyl sites for hydroxylation is 2. The van der Waals surface area contributed by atoms with Crippen LogP contribution in [0.5, 0.6) is 11.6 Å². The Morgan fingerprint density at radius 2 is 1.96 bits per heavy atom. The largest absolute Gasteiger partial charge is 0.493 e. The third kappa shape index (κ3) is 3.88. The van der Waals surface area contributed by atoms with E-state index in [0.717, 1.165) is 15.6 Å². The summed E-state index contributed by atoms with van der Waals surface area (Å²) in [6, 6.07) is 11.1. The summed E-state index contributed by atoms with van der Waals surface area (Å²) in [6.45, 7) is 3.67. The Morgan fingerprint density at radius 1 is 1.24 bits per heavy atom. The standard InChI is InChI=1S/C18H16BrN3O3/c1-10-3-5-12(6-4-10)25-9-16(23)21-22-17-13-7-11(2)14(19)8-15(13)20-18(17)24/h3-8,20,24H,9H2,1-2H3. The van der Waals surface area contributed by atoms with E-state index in [9.17, 15) is 9.90 Å². The molecular formula is C18H16BrN3O3. The number of benzene rings is 2. The maximum atomic E-state index is 11.9. The fraction of sp³-hybridized carbons (Fsp3) is 0.167. The molecule has 1 aromatic heterocycles. The molecule has 0 aliphatic heterocycles. The Labute approximate surface area is 152 Å². The Bertz CT molecular complexity index is 962. The minimum atomic E-state index is -0.539. The van der Waals surface area contributed by atoms with Gasteiger partial charge in [0.15, 0.2) is 12.3 Å². The van der Waals surface area contributed by atoms with Crippen LogP contribution in [0, 0.1) is 13.8 Å². The van der Waals surface area contributed by atoms with Crippen molar-refractivity contribution in [2.24, 2.45) is 10.2 Å². The van der Waals surface area contributed by atoms with Crippen LogP contribution in [0.4, 0.5) is 5.69 Å². The maximum absolute atomic E-state index is 11.9. The molecule has 0 aliphatic rings.